The molecule has 0 saturated carbocycles. The normalized spacial score (nSPS) is 18.3. The lowest BCUT2D eigenvalue weighted by atomic mass is 9.87. The Kier molecular flexibility index (Phi) is 4.47. The number of fused-ring (bicyclic) bond motifs is 1. The molecule has 0 saturated heterocycles. The summed E-state index contributed by atoms with van der Waals surface area (Å²) in [5, 5.41) is 5.69. The molecule has 2 heteroatoms. The topological polar surface area (TPSA) is 21.3 Å². The highest BCUT2D eigenvalue weighted by Gasteiger charge is 2.20. The predicted octanol–water partition coefficient (Wildman–Crippen LogP) is 5.03. The van der Waals surface area contributed by atoms with E-state index in [9.17, 15) is 0 Å². The van der Waals surface area contributed by atoms with Crippen LogP contribution in [-0.2, 0) is 0 Å². The van der Waals surface area contributed by atoms with E-state index in [2.05, 4.69) is 61.3 Å². The minimum atomic E-state index is 0.482. The van der Waals surface area contributed by atoms with E-state index in [4.69, 9.17) is 4.74 Å². The van der Waals surface area contributed by atoms with E-state index in [1.54, 1.807) is 6.20 Å². The van der Waals surface area contributed by atoms with Gasteiger partial charge in [-0.25, -0.2) is 0 Å². The quantitative estimate of drug-likeness (QED) is 0.835. The van der Waals surface area contributed by atoms with Crippen LogP contribution in [0.4, 0.5) is 0 Å². The van der Waals surface area contributed by atoms with Gasteiger partial charge >= 0.3 is 0 Å². The van der Waals surface area contributed by atoms with Gasteiger partial charge in [0, 0.05) is 17.0 Å². The molecule has 22 heavy (non-hydrogen) atoms. The standard InChI is InChI=1S/C20H23NO/c1-3-21-19-12-6-10-17(15(19)2)14-22-20-13-7-9-16-8-4-5-11-18(16)20/h3-5,7-9,11,13,17,21H,1,6,10,12,14H2,2H3. The summed E-state index contributed by atoms with van der Waals surface area (Å²) in [6, 6.07) is 14.6. The first kappa shape index (κ1) is 14.7. The van der Waals surface area contributed by atoms with Crippen LogP contribution >= 0.6 is 0 Å². The highest BCUT2D eigenvalue weighted by atomic mass is 16.5. The van der Waals surface area contributed by atoms with E-state index >= 15 is 0 Å². The van der Waals surface area contributed by atoms with Gasteiger partial charge < -0.3 is 10.1 Å². The predicted molar refractivity (Wildman–Crippen MR) is 92.8 cm³/mol. The monoisotopic (exact) mass is 293 g/mol. The van der Waals surface area contributed by atoms with Gasteiger partial charge in [0.05, 0.1) is 6.61 Å². The molecule has 1 N–H and O–H groups in total. The zero-order valence-electron chi connectivity index (χ0n) is 13.1. The summed E-state index contributed by atoms with van der Waals surface area (Å²) >= 11 is 0. The van der Waals surface area contributed by atoms with Gasteiger partial charge in [0.2, 0.25) is 0 Å². The summed E-state index contributed by atoms with van der Waals surface area (Å²) in [4.78, 5) is 0. The molecule has 1 aliphatic rings. The second-order valence-electron chi connectivity index (χ2n) is 5.89. The van der Waals surface area contributed by atoms with Gasteiger partial charge in [-0.3, -0.25) is 0 Å². The Bertz CT molecular complexity index is 696. The van der Waals surface area contributed by atoms with Gasteiger partial charge in [0.15, 0.2) is 0 Å². The van der Waals surface area contributed by atoms with Crippen LogP contribution in [0.5, 0.6) is 5.75 Å². The van der Waals surface area contributed by atoms with Crippen LogP contribution < -0.4 is 10.1 Å². The summed E-state index contributed by atoms with van der Waals surface area (Å²) in [6.07, 6.45) is 5.28. The van der Waals surface area contributed by atoms with Gasteiger partial charge in [-0.05, 0) is 49.4 Å². The summed E-state index contributed by atoms with van der Waals surface area (Å²) in [5.74, 6) is 1.46. The van der Waals surface area contributed by atoms with Crippen molar-refractivity contribution in [3.05, 3.63) is 66.5 Å². The molecular formula is C20H23NO. The van der Waals surface area contributed by atoms with E-state index in [1.165, 1.54) is 34.9 Å². The van der Waals surface area contributed by atoms with Gasteiger partial charge in [0.1, 0.15) is 5.75 Å². The number of rotatable bonds is 5. The van der Waals surface area contributed by atoms with Crippen LogP contribution in [0.15, 0.2) is 66.5 Å². The molecule has 0 aromatic heterocycles. The number of hydrogen-bond donors (Lipinski definition) is 1. The lowest BCUT2D eigenvalue weighted by molar-refractivity contribution is 0.255. The number of hydrogen-bond acceptors (Lipinski definition) is 2. The molecule has 0 heterocycles. The van der Waals surface area contributed by atoms with E-state index in [-0.39, 0.29) is 0 Å². The molecule has 0 aliphatic heterocycles. The molecule has 3 rings (SSSR count). The zero-order chi connectivity index (χ0) is 15.4. The molecule has 0 radical (unpaired) electrons. The Morgan fingerprint density at radius 1 is 1.23 bits per heavy atom. The first-order chi connectivity index (χ1) is 10.8. The highest BCUT2D eigenvalue weighted by molar-refractivity contribution is 5.88. The fourth-order valence-electron chi connectivity index (χ4n) is 3.21. The van der Waals surface area contributed by atoms with Crippen LogP contribution in [0.3, 0.4) is 0 Å². The molecule has 114 valence electrons. The molecule has 0 bridgehead atoms. The van der Waals surface area contributed by atoms with Gasteiger partial charge in [0.25, 0.3) is 0 Å². The summed E-state index contributed by atoms with van der Waals surface area (Å²) in [5.41, 5.74) is 2.72. The molecule has 2 aromatic carbocycles. The van der Waals surface area contributed by atoms with Crippen molar-refractivity contribution in [2.24, 2.45) is 5.92 Å². The Hall–Kier alpha value is -2.22. The SMILES string of the molecule is C=CNC1=C(C)C(COc2cccc3ccccc23)CCC1. The van der Waals surface area contributed by atoms with E-state index in [0.717, 1.165) is 18.8 Å². The molecule has 1 aliphatic carbocycles. The maximum atomic E-state index is 6.17. The van der Waals surface area contributed by atoms with Crippen molar-refractivity contribution in [3.63, 3.8) is 0 Å². The third kappa shape index (κ3) is 3.01. The lowest BCUT2D eigenvalue weighted by Crippen LogP contribution is -2.22. The van der Waals surface area contributed by atoms with Crippen molar-refractivity contribution in [2.75, 3.05) is 6.61 Å². The highest BCUT2D eigenvalue weighted by Crippen LogP contribution is 2.31. The van der Waals surface area contributed by atoms with Gasteiger partial charge in [-0.2, -0.15) is 0 Å². The minimum absolute atomic E-state index is 0.482. The molecule has 0 spiro atoms. The Morgan fingerprint density at radius 2 is 2.05 bits per heavy atom. The Labute approximate surface area is 132 Å². The van der Waals surface area contributed by atoms with Crippen molar-refractivity contribution >= 4 is 10.8 Å². The van der Waals surface area contributed by atoms with Crippen LogP contribution in [-0.4, -0.2) is 6.61 Å². The second kappa shape index (κ2) is 6.69. The zero-order valence-corrected chi connectivity index (χ0v) is 13.1. The number of nitrogens with one attached hydrogen (secondary N) is 1. The first-order valence-corrected chi connectivity index (χ1v) is 7.97. The van der Waals surface area contributed by atoms with Crippen molar-refractivity contribution < 1.29 is 4.74 Å². The second-order valence-corrected chi connectivity index (χ2v) is 5.89. The van der Waals surface area contributed by atoms with E-state index < -0.39 is 0 Å². The molecule has 1 unspecified atom stereocenters. The molecule has 0 amide bonds. The minimum Gasteiger partial charge on any atom is -0.492 e. The van der Waals surface area contributed by atoms with Crippen LogP contribution in [0, 0.1) is 5.92 Å². The van der Waals surface area contributed by atoms with Crippen molar-refractivity contribution in [1.29, 1.82) is 0 Å². The molecule has 2 nitrogen and oxygen atoms in total. The Morgan fingerprint density at radius 3 is 2.91 bits per heavy atom. The maximum absolute atomic E-state index is 6.17. The van der Waals surface area contributed by atoms with Crippen molar-refractivity contribution in [3.8, 4) is 5.75 Å². The van der Waals surface area contributed by atoms with E-state index in [1.807, 2.05) is 0 Å². The maximum Gasteiger partial charge on any atom is 0.127 e. The Balaban J connectivity index is 1.76. The largest absolute Gasteiger partial charge is 0.492 e. The van der Waals surface area contributed by atoms with Crippen molar-refractivity contribution in [1.82, 2.24) is 5.32 Å². The number of ether oxygens (including phenoxy) is 1. The third-order valence-corrected chi connectivity index (χ3v) is 4.53. The lowest BCUT2D eigenvalue weighted by Gasteiger charge is -2.26. The summed E-state index contributed by atoms with van der Waals surface area (Å²) in [6.45, 7) is 6.71. The van der Waals surface area contributed by atoms with Gasteiger partial charge in [-0.1, -0.05) is 43.0 Å². The third-order valence-electron chi connectivity index (χ3n) is 4.53. The number of allylic oxidation sites excluding steroid dienone is 1. The first-order valence-electron chi connectivity index (χ1n) is 7.97. The molecule has 2 aromatic rings. The van der Waals surface area contributed by atoms with Crippen LogP contribution in [0.25, 0.3) is 10.8 Å². The van der Waals surface area contributed by atoms with Crippen LogP contribution in [0.1, 0.15) is 26.2 Å². The molecular weight excluding hydrogens is 270 g/mol. The average molecular weight is 293 g/mol. The summed E-state index contributed by atoms with van der Waals surface area (Å²) in [7, 11) is 0. The average Bonchev–Trinajstić information content (AvgIpc) is 2.56. The fraction of sp³-hybridized carbons (Fsp3) is 0.300. The fourth-order valence-corrected chi connectivity index (χ4v) is 3.21. The summed E-state index contributed by atoms with van der Waals surface area (Å²) < 4.78 is 6.17. The smallest absolute Gasteiger partial charge is 0.127 e. The number of benzene rings is 2. The van der Waals surface area contributed by atoms with Crippen LogP contribution in [0.2, 0.25) is 0 Å². The van der Waals surface area contributed by atoms with E-state index in [0.29, 0.717) is 5.92 Å². The van der Waals surface area contributed by atoms with Gasteiger partial charge in [-0.15, -0.1) is 0 Å². The molecule has 1 atom stereocenters. The molecule has 0 fully saturated rings. The van der Waals surface area contributed by atoms with Crippen molar-refractivity contribution in [2.45, 2.75) is 26.2 Å².